The van der Waals surface area contributed by atoms with Gasteiger partial charge >= 0.3 is 0 Å². The SMILES string of the molecule is COc1ccncc1CN1CCC(N(CCOCCCCN2CC[C@@H](C(C(N)=O)(c3ccccc3)c3ccccc3)C2)C(C)C)CC1. The summed E-state index contributed by atoms with van der Waals surface area (Å²) in [7, 11) is 1.73. The van der Waals surface area contributed by atoms with Crippen LogP contribution in [0.2, 0.25) is 0 Å². The highest BCUT2D eigenvalue weighted by atomic mass is 16.5. The van der Waals surface area contributed by atoms with E-state index in [0.717, 1.165) is 101 Å². The third-order valence-electron chi connectivity index (χ3n) is 10.4. The number of carbonyl (C=O) groups is 1. The van der Waals surface area contributed by atoms with E-state index in [-0.39, 0.29) is 11.8 Å². The van der Waals surface area contributed by atoms with Gasteiger partial charge in [-0.1, -0.05) is 60.7 Å². The first-order valence-electron chi connectivity index (χ1n) is 17.6. The van der Waals surface area contributed by atoms with E-state index < -0.39 is 5.41 Å². The Morgan fingerprint density at radius 3 is 2.21 bits per heavy atom. The highest BCUT2D eigenvalue weighted by molar-refractivity contribution is 5.91. The maximum absolute atomic E-state index is 13.3. The van der Waals surface area contributed by atoms with Crippen molar-refractivity contribution in [3.05, 3.63) is 95.8 Å². The van der Waals surface area contributed by atoms with Crippen molar-refractivity contribution in [2.75, 3.05) is 59.6 Å². The maximum atomic E-state index is 13.3. The highest BCUT2D eigenvalue weighted by Crippen LogP contribution is 2.43. The van der Waals surface area contributed by atoms with Crippen molar-refractivity contribution < 1.29 is 14.3 Å². The van der Waals surface area contributed by atoms with Crippen molar-refractivity contribution in [2.24, 2.45) is 11.7 Å². The summed E-state index contributed by atoms with van der Waals surface area (Å²) in [5.74, 6) is 0.790. The standard InChI is InChI=1S/C39H55N5O3/c1-31(2)44(36-18-23-43(24-19-36)29-32-28-41-20-16-37(32)46-3)25-27-47-26-11-10-21-42-22-17-35(30-42)39(38(40)45,33-12-6-4-7-13-33)34-14-8-5-9-15-34/h4-9,12-16,20,28,31,35-36H,10-11,17-19,21-27,29-30H2,1-3H3,(H2,40,45)/t35-/m1/s1. The smallest absolute Gasteiger partial charge is 0.232 e. The number of aromatic nitrogens is 1. The molecule has 5 rings (SSSR count). The number of likely N-dealkylation sites (tertiary alicyclic amines) is 2. The van der Waals surface area contributed by atoms with Crippen molar-refractivity contribution in [1.82, 2.24) is 19.7 Å². The topological polar surface area (TPSA) is 84.2 Å². The van der Waals surface area contributed by atoms with E-state index in [1.807, 2.05) is 48.7 Å². The number of amides is 1. The molecule has 1 aromatic heterocycles. The lowest BCUT2D eigenvalue weighted by atomic mass is 9.64. The average molecular weight is 642 g/mol. The number of carbonyl (C=O) groups excluding carboxylic acids is 1. The predicted octanol–water partition coefficient (Wildman–Crippen LogP) is 5.36. The van der Waals surface area contributed by atoms with Gasteiger partial charge in [0.15, 0.2) is 0 Å². The van der Waals surface area contributed by atoms with Crippen LogP contribution < -0.4 is 10.5 Å². The molecule has 1 atom stereocenters. The largest absolute Gasteiger partial charge is 0.496 e. The second-order valence-electron chi connectivity index (χ2n) is 13.5. The molecule has 0 radical (unpaired) electrons. The lowest BCUT2D eigenvalue weighted by Crippen LogP contribution is -2.49. The Kier molecular flexibility index (Phi) is 12.8. The van der Waals surface area contributed by atoms with Crippen molar-refractivity contribution >= 4 is 5.91 Å². The number of nitrogens with two attached hydrogens (primary N) is 1. The zero-order valence-electron chi connectivity index (χ0n) is 28.7. The van der Waals surface area contributed by atoms with Crippen molar-refractivity contribution in [3.63, 3.8) is 0 Å². The number of unbranched alkanes of at least 4 members (excludes halogenated alkanes) is 1. The minimum absolute atomic E-state index is 0.133. The maximum Gasteiger partial charge on any atom is 0.232 e. The van der Waals surface area contributed by atoms with Crippen molar-refractivity contribution in [1.29, 1.82) is 0 Å². The van der Waals surface area contributed by atoms with Crippen LogP contribution in [0.25, 0.3) is 0 Å². The number of benzene rings is 2. The molecule has 2 aliphatic heterocycles. The molecule has 2 aliphatic rings. The Balaban J connectivity index is 1.03. The molecule has 3 heterocycles. The number of nitrogens with zero attached hydrogens (tertiary/aromatic N) is 4. The molecule has 1 amide bonds. The summed E-state index contributed by atoms with van der Waals surface area (Å²) in [4.78, 5) is 25.3. The van der Waals surface area contributed by atoms with E-state index in [4.69, 9.17) is 15.2 Å². The highest BCUT2D eigenvalue weighted by Gasteiger charge is 2.49. The number of ether oxygens (including phenoxy) is 2. The van der Waals surface area contributed by atoms with Crippen molar-refractivity contribution in [2.45, 2.75) is 70.0 Å². The Bertz CT molecular complexity index is 1320. The van der Waals surface area contributed by atoms with Gasteiger partial charge in [-0.05, 0) is 95.2 Å². The molecule has 0 saturated carbocycles. The lowest BCUT2D eigenvalue weighted by Gasteiger charge is -2.40. The molecule has 47 heavy (non-hydrogen) atoms. The molecular formula is C39H55N5O3. The first kappa shape index (κ1) is 35.0. The third-order valence-corrected chi connectivity index (χ3v) is 10.4. The van der Waals surface area contributed by atoms with Gasteiger partial charge in [-0.25, -0.2) is 0 Å². The lowest BCUT2D eigenvalue weighted by molar-refractivity contribution is -0.123. The number of primary amides is 1. The van der Waals surface area contributed by atoms with Crippen LogP contribution >= 0.6 is 0 Å². The van der Waals surface area contributed by atoms with E-state index in [0.29, 0.717) is 12.1 Å². The summed E-state index contributed by atoms with van der Waals surface area (Å²) >= 11 is 0. The minimum Gasteiger partial charge on any atom is -0.496 e. The molecule has 8 nitrogen and oxygen atoms in total. The number of piperidine rings is 1. The summed E-state index contributed by atoms with van der Waals surface area (Å²) in [6.07, 6.45) is 9.13. The van der Waals surface area contributed by atoms with E-state index in [2.05, 4.69) is 57.8 Å². The molecule has 2 fully saturated rings. The minimum atomic E-state index is -0.827. The molecule has 254 valence electrons. The van der Waals surface area contributed by atoms with Crippen molar-refractivity contribution in [3.8, 4) is 5.75 Å². The third kappa shape index (κ3) is 8.60. The van der Waals surface area contributed by atoms with Gasteiger partial charge in [0.2, 0.25) is 5.91 Å². The summed E-state index contributed by atoms with van der Waals surface area (Å²) in [6.45, 7) is 13.1. The van der Waals surface area contributed by atoms with Crippen LogP contribution in [-0.4, -0.2) is 97.3 Å². The number of methoxy groups -OCH3 is 1. The van der Waals surface area contributed by atoms with Gasteiger partial charge < -0.3 is 20.1 Å². The molecule has 2 aromatic carbocycles. The fourth-order valence-corrected chi connectivity index (χ4v) is 7.97. The van der Waals surface area contributed by atoms with Gasteiger partial charge in [0.1, 0.15) is 11.2 Å². The molecule has 2 saturated heterocycles. The van der Waals surface area contributed by atoms with Crippen LogP contribution in [0.1, 0.15) is 62.6 Å². The van der Waals surface area contributed by atoms with E-state index >= 15 is 0 Å². The zero-order chi connectivity index (χ0) is 33.1. The molecule has 0 unspecified atom stereocenters. The number of hydrogen-bond acceptors (Lipinski definition) is 7. The molecule has 0 bridgehead atoms. The quantitative estimate of drug-likeness (QED) is 0.199. The second-order valence-corrected chi connectivity index (χ2v) is 13.5. The predicted molar refractivity (Wildman–Crippen MR) is 188 cm³/mol. The Labute approximate surface area is 282 Å². The molecule has 2 N–H and O–H groups in total. The average Bonchev–Trinajstić information content (AvgIpc) is 3.56. The summed E-state index contributed by atoms with van der Waals surface area (Å²) < 4.78 is 11.7. The fourth-order valence-electron chi connectivity index (χ4n) is 7.97. The normalized spacial score (nSPS) is 18.3. The molecule has 0 aliphatic carbocycles. The Hall–Kier alpha value is -3.30. The zero-order valence-corrected chi connectivity index (χ0v) is 28.7. The van der Waals surface area contributed by atoms with Gasteiger partial charge in [-0.3, -0.25) is 19.6 Å². The number of hydrogen-bond donors (Lipinski definition) is 1. The van der Waals surface area contributed by atoms with Crippen LogP contribution in [0, 0.1) is 5.92 Å². The van der Waals surface area contributed by atoms with Crippen LogP contribution in [-0.2, 0) is 21.5 Å². The van der Waals surface area contributed by atoms with Gasteiger partial charge in [-0.15, -0.1) is 0 Å². The van der Waals surface area contributed by atoms with E-state index in [1.165, 1.54) is 12.8 Å². The summed E-state index contributed by atoms with van der Waals surface area (Å²) in [5, 5.41) is 0. The van der Waals surface area contributed by atoms with E-state index in [9.17, 15) is 4.79 Å². The molecular weight excluding hydrogens is 586 g/mol. The molecule has 0 spiro atoms. The molecule has 3 aromatic rings. The molecule has 8 heteroatoms. The Morgan fingerprint density at radius 2 is 1.60 bits per heavy atom. The first-order valence-corrected chi connectivity index (χ1v) is 17.6. The van der Waals surface area contributed by atoms with Gasteiger partial charge in [-0.2, -0.15) is 0 Å². The van der Waals surface area contributed by atoms with Crippen LogP contribution in [0.5, 0.6) is 5.75 Å². The van der Waals surface area contributed by atoms with Gasteiger partial charge in [0.25, 0.3) is 0 Å². The number of pyridine rings is 1. The number of rotatable bonds is 17. The van der Waals surface area contributed by atoms with Crippen LogP contribution in [0.3, 0.4) is 0 Å². The summed E-state index contributed by atoms with van der Waals surface area (Å²) in [5.41, 5.74) is 8.59. The second kappa shape index (κ2) is 17.2. The first-order chi connectivity index (χ1) is 22.9. The summed E-state index contributed by atoms with van der Waals surface area (Å²) in [6, 6.07) is 23.3. The fraction of sp³-hybridized carbons (Fsp3) is 0.538. The van der Waals surface area contributed by atoms with Gasteiger partial charge in [0.05, 0.1) is 13.7 Å². The van der Waals surface area contributed by atoms with Crippen LogP contribution in [0.4, 0.5) is 0 Å². The monoisotopic (exact) mass is 641 g/mol. The van der Waals surface area contributed by atoms with Crippen LogP contribution in [0.15, 0.2) is 79.1 Å². The van der Waals surface area contributed by atoms with Gasteiger partial charge in [0, 0.05) is 56.3 Å². The van der Waals surface area contributed by atoms with E-state index in [1.54, 1.807) is 13.3 Å². The Morgan fingerprint density at radius 1 is 0.936 bits per heavy atom.